The molecular formula is C15H22N4O3. The van der Waals surface area contributed by atoms with Gasteiger partial charge >= 0.3 is 6.03 Å². The third-order valence-corrected chi connectivity index (χ3v) is 3.59. The number of nitrogens with zero attached hydrogens (tertiary/aromatic N) is 2. The van der Waals surface area contributed by atoms with E-state index in [1.165, 1.54) is 6.92 Å². The van der Waals surface area contributed by atoms with Crippen LogP contribution in [-0.4, -0.2) is 48.1 Å². The molecule has 0 aliphatic carbocycles. The fourth-order valence-electron chi connectivity index (χ4n) is 2.59. The van der Waals surface area contributed by atoms with Crippen molar-refractivity contribution in [2.45, 2.75) is 32.4 Å². The van der Waals surface area contributed by atoms with Crippen molar-refractivity contribution in [3.8, 4) is 5.88 Å². The van der Waals surface area contributed by atoms with Gasteiger partial charge in [-0.25, -0.2) is 9.78 Å². The van der Waals surface area contributed by atoms with Crippen LogP contribution in [0.4, 0.5) is 4.79 Å². The summed E-state index contributed by atoms with van der Waals surface area (Å²) in [6, 6.07) is 3.56. The van der Waals surface area contributed by atoms with E-state index in [4.69, 9.17) is 4.74 Å². The van der Waals surface area contributed by atoms with Gasteiger partial charge in [0.2, 0.25) is 11.8 Å². The highest BCUT2D eigenvalue weighted by atomic mass is 16.5. The highest BCUT2D eigenvalue weighted by molar-refractivity contribution is 5.75. The third kappa shape index (κ3) is 4.34. The standard InChI is InChI=1S/C15H22N4O3/c1-11(20)18-13-6-4-8-19(10-13)15(21)17-9-12-5-3-7-16-14(12)22-2/h3,5,7,13H,4,6,8-10H2,1-2H3,(H,17,21)(H,18,20)/t13-/m0/s1. The van der Waals surface area contributed by atoms with E-state index in [0.29, 0.717) is 25.5 Å². The summed E-state index contributed by atoms with van der Waals surface area (Å²) < 4.78 is 5.16. The maximum atomic E-state index is 12.2. The number of hydrogen-bond donors (Lipinski definition) is 2. The molecule has 0 spiro atoms. The Balaban J connectivity index is 1.87. The second-order valence-corrected chi connectivity index (χ2v) is 5.32. The number of nitrogens with one attached hydrogen (secondary N) is 2. The number of ether oxygens (including phenoxy) is 1. The molecule has 2 N–H and O–H groups in total. The van der Waals surface area contributed by atoms with E-state index >= 15 is 0 Å². The first-order valence-corrected chi connectivity index (χ1v) is 7.38. The number of amides is 3. The first-order chi connectivity index (χ1) is 10.6. The minimum absolute atomic E-state index is 0.0323. The smallest absolute Gasteiger partial charge is 0.317 e. The zero-order valence-corrected chi connectivity index (χ0v) is 13.0. The Kier molecular flexibility index (Phi) is 5.57. The van der Waals surface area contributed by atoms with Crippen LogP contribution in [0.25, 0.3) is 0 Å². The van der Waals surface area contributed by atoms with Crippen molar-refractivity contribution in [2.75, 3.05) is 20.2 Å². The fourth-order valence-corrected chi connectivity index (χ4v) is 2.59. The van der Waals surface area contributed by atoms with Crippen molar-refractivity contribution in [3.05, 3.63) is 23.9 Å². The Bertz CT molecular complexity index is 535. The van der Waals surface area contributed by atoms with Crippen LogP contribution < -0.4 is 15.4 Å². The summed E-state index contributed by atoms with van der Waals surface area (Å²) in [4.78, 5) is 29.2. The number of rotatable bonds is 4. The van der Waals surface area contributed by atoms with Crippen LogP contribution in [0.2, 0.25) is 0 Å². The number of aromatic nitrogens is 1. The molecule has 3 amide bonds. The minimum atomic E-state index is -0.138. The van der Waals surface area contributed by atoms with Crippen molar-refractivity contribution in [1.82, 2.24) is 20.5 Å². The Morgan fingerprint density at radius 3 is 3.05 bits per heavy atom. The summed E-state index contributed by atoms with van der Waals surface area (Å²) in [6.45, 7) is 3.09. The van der Waals surface area contributed by atoms with Gasteiger partial charge < -0.3 is 20.3 Å². The minimum Gasteiger partial charge on any atom is -0.481 e. The largest absolute Gasteiger partial charge is 0.481 e. The van der Waals surface area contributed by atoms with Crippen molar-refractivity contribution < 1.29 is 14.3 Å². The zero-order valence-electron chi connectivity index (χ0n) is 13.0. The summed E-state index contributed by atoms with van der Waals surface area (Å²) in [5.74, 6) is 0.449. The van der Waals surface area contributed by atoms with Gasteiger partial charge in [-0.2, -0.15) is 0 Å². The molecule has 1 aromatic rings. The molecule has 120 valence electrons. The van der Waals surface area contributed by atoms with Gasteiger partial charge in [-0.1, -0.05) is 6.07 Å². The molecule has 1 saturated heterocycles. The second-order valence-electron chi connectivity index (χ2n) is 5.32. The first kappa shape index (κ1) is 16.1. The number of likely N-dealkylation sites (tertiary alicyclic amines) is 1. The van der Waals surface area contributed by atoms with Gasteiger partial charge in [0.15, 0.2) is 0 Å². The predicted octanol–water partition coefficient (Wildman–Crippen LogP) is 0.900. The van der Waals surface area contributed by atoms with Gasteiger partial charge in [-0.15, -0.1) is 0 Å². The molecule has 1 aliphatic rings. The highest BCUT2D eigenvalue weighted by Gasteiger charge is 2.24. The summed E-state index contributed by atoms with van der Waals surface area (Å²) >= 11 is 0. The van der Waals surface area contributed by atoms with Gasteiger partial charge in [0, 0.05) is 44.4 Å². The SMILES string of the molecule is COc1ncccc1CNC(=O)N1CCC[C@H](NC(C)=O)C1. The first-order valence-electron chi connectivity index (χ1n) is 7.38. The monoisotopic (exact) mass is 306 g/mol. The molecule has 2 rings (SSSR count). The Morgan fingerprint density at radius 1 is 1.50 bits per heavy atom. The lowest BCUT2D eigenvalue weighted by Crippen LogP contribution is -2.51. The van der Waals surface area contributed by atoms with Crippen LogP contribution in [-0.2, 0) is 11.3 Å². The summed E-state index contributed by atoms with van der Waals surface area (Å²) in [5, 5.41) is 5.74. The summed E-state index contributed by atoms with van der Waals surface area (Å²) in [5.41, 5.74) is 0.828. The predicted molar refractivity (Wildman–Crippen MR) is 81.4 cm³/mol. The van der Waals surface area contributed by atoms with E-state index in [1.54, 1.807) is 24.3 Å². The van der Waals surface area contributed by atoms with E-state index < -0.39 is 0 Å². The molecule has 7 heteroatoms. The van der Waals surface area contributed by atoms with Crippen molar-refractivity contribution in [1.29, 1.82) is 0 Å². The number of carbonyl (C=O) groups is 2. The maximum absolute atomic E-state index is 12.2. The molecule has 22 heavy (non-hydrogen) atoms. The number of methoxy groups -OCH3 is 1. The number of hydrogen-bond acceptors (Lipinski definition) is 4. The van der Waals surface area contributed by atoms with Gasteiger partial charge in [0.05, 0.1) is 7.11 Å². The molecule has 2 heterocycles. The molecule has 1 fully saturated rings. The zero-order chi connectivity index (χ0) is 15.9. The fraction of sp³-hybridized carbons (Fsp3) is 0.533. The van der Waals surface area contributed by atoms with Crippen LogP contribution >= 0.6 is 0 Å². The Labute approximate surface area is 130 Å². The Hall–Kier alpha value is -2.31. The van der Waals surface area contributed by atoms with E-state index in [2.05, 4.69) is 15.6 Å². The number of piperidine rings is 1. The molecule has 1 aliphatic heterocycles. The van der Waals surface area contributed by atoms with Crippen LogP contribution in [0.1, 0.15) is 25.3 Å². The van der Waals surface area contributed by atoms with Gasteiger partial charge in [0.25, 0.3) is 0 Å². The molecule has 0 unspecified atom stereocenters. The van der Waals surface area contributed by atoms with Gasteiger partial charge in [-0.3, -0.25) is 4.79 Å². The van der Waals surface area contributed by atoms with Gasteiger partial charge in [0.1, 0.15) is 0 Å². The summed E-state index contributed by atoms with van der Waals surface area (Å²) in [7, 11) is 1.55. The molecule has 0 aromatic carbocycles. The van der Waals surface area contributed by atoms with Gasteiger partial charge in [-0.05, 0) is 18.9 Å². The molecular weight excluding hydrogens is 284 g/mol. The average Bonchev–Trinajstić information content (AvgIpc) is 2.52. The normalized spacial score (nSPS) is 17.7. The molecule has 0 bridgehead atoms. The molecule has 7 nitrogen and oxygen atoms in total. The summed E-state index contributed by atoms with van der Waals surface area (Å²) in [6.07, 6.45) is 3.43. The van der Waals surface area contributed by atoms with E-state index in [0.717, 1.165) is 18.4 Å². The average molecular weight is 306 g/mol. The maximum Gasteiger partial charge on any atom is 0.317 e. The topological polar surface area (TPSA) is 83.6 Å². The number of pyridine rings is 1. The van der Waals surface area contributed by atoms with Crippen LogP contribution in [0.5, 0.6) is 5.88 Å². The van der Waals surface area contributed by atoms with E-state index in [9.17, 15) is 9.59 Å². The number of urea groups is 1. The molecule has 0 radical (unpaired) electrons. The molecule has 1 atom stereocenters. The molecule has 1 aromatic heterocycles. The second kappa shape index (κ2) is 7.63. The van der Waals surface area contributed by atoms with Crippen molar-refractivity contribution in [3.63, 3.8) is 0 Å². The van der Waals surface area contributed by atoms with Crippen LogP contribution in [0, 0.1) is 0 Å². The lowest BCUT2D eigenvalue weighted by Gasteiger charge is -2.33. The quantitative estimate of drug-likeness (QED) is 0.866. The van der Waals surface area contributed by atoms with Crippen molar-refractivity contribution >= 4 is 11.9 Å². The third-order valence-electron chi connectivity index (χ3n) is 3.59. The number of carbonyl (C=O) groups excluding carboxylic acids is 2. The van der Waals surface area contributed by atoms with Crippen molar-refractivity contribution in [2.24, 2.45) is 0 Å². The van der Waals surface area contributed by atoms with E-state index in [-0.39, 0.29) is 18.0 Å². The van der Waals surface area contributed by atoms with Crippen LogP contribution in [0.3, 0.4) is 0 Å². The Morgan fingerprint density at radius 2 is 2.32 bits per heavy atom. The lowest BCUT2D eigenvalue weighted by atomic mass is 10.1. The lowest BCUT2D eigenvalue weighted by molar-refractivity contribution is -0.119. The van der Waals surface area contributed by atoms with Crippen LogP contribution in [0.15, 0.2) is 18.3 Å². The highest BCUT2D eigenvalue weighted by Crippen LogP contribution is 2.14. The van der Waals surface area contributed by atoms with E-state index in [1.807, 2.05) is 6.07 Å². The molecule has 0 saturated carbocycles.